The molecule has 3 N–H and O–H groups in total. The normalized spacial score (nSPS) is 31.6. The minimum Gasteiger partial charge on any atom is -0.508 e. The Kier molecular flexibility index (Phi) is 14.0. The lowest BCUT2D eigenvalue weighted by Crippen LogP contribution is -2.57. The number of hydrogen-bond donors (Lipinski definition) is 3. The number of carbonyl (C=O) groups excluding carboxylic acids is 4. The first-order valence-electron chi connectivity index (χ1n) is 18.8. The number of phenolic OH excluding ortho intramolecular Hbond substituents is 1. The number of allylic oxidation sites excluding steroid dienone is 2. The Morgan fingerprint density at radius 1 is 1.07 bits per heavy atom. The molecule has 9 unspecified atom stereocenters. The number of cyclic esters (lactones) is 1. The SMILES string of the molecule is CCC(C)C1C(=O)CC(Cc2ccc(O)cc2)C(=O)NC(C(C)(C)O)C(=O)OC(c2ccccc2)C(C)/C=C/C=C(\C)C(OC)CC2OC2(C)C(=O)N1C. The van der Waals surface area contributed by atoms with Crippen molar-refractivity contribution < 1.29 is 43.6 Å². The van der Waals surface area contributed by atoms with Crippen molar-refractivity contribution >= 4 is 23.6 Å². The number of rotatable bonds is 7. The third-order valence-corrected chi connectivity index (χ3v) is 10.9. The largest absolute Gasteiger partial charge is 0.508 e. The van der Waals surface area contributed by atoms with Gasteiger partial charge in [-0.05, 0) is 68.9 Å². The maximum absolute atomic E-state index is 14.4. The van der Waals surface area contributed by atoms with Crippen LogP contribution in [0.1, 0.15) is 85.0 Å². The average Bonchev–Trinajstić information content (AvgIpc) is 3.80. The number of amides is 2. The van der Waals surface area contributed by atoms with Crippen LogP contribution >= 0.6 is 0 Å². The van der Waals surface area contributed by atoms with E-state index < -0.39 is 53.3 Å². The number of nitrogens with one attached hydrogen (secondary N) is 1. The van der Waals surface area contributed by atoms with Crippen LogP contribution in [0.15, 0.2) is 78.4 Å². The molecule has 0 bridgehead atoms. The number of fused-ring (bicyclic) bond motifs is 1. The number of Topliss-reactive ketones (excluding diaryl/α,β-unsaturated/α-hetero) is 1. The van der Waals surface area contributed by atoms with Gasteiger partial charge in [-0.25, -0.2) is 4.79 Å². The van der Waals surface area contributed by atoms with Crippen LogP contribution < -0.4 is 5.32 Å². The molecule has 2 aliphatic heterocycles. The molecule has 0 radical (unpaired) electrons. The lowest BCUT2D eigenvalue weighted by atomic mass is 9.85. The summed E-state index contributed by atoms with van der Waals surface area (Å²) in [6, 6.07) is 13.2. The molecule has 1 saturated heterocycles. The topological polar surface area (TPSA) is 155 Å². The van der Waals surface area contributed by atoms with Gasteiger partial charge in [0.05, 0.1) is 23.9 Å². The molecule has 2 amide bonds. The number of carbonyl (C=O) groups is 4. The van der Waals surface area contributed by atoms with Crippen LogP contribution in [0.2, 0.25) is 0 Å². The Bertz CT molecular complexity index is 1680. The first kappa shape index (κ1) is 42.4. The van der Waals surface area contributed by atoms with Gasteiger partial charge < -0.3 is 34.6 Å². The molecular weight excluding hydrogens is 688 g/mol. The van der Waals surface area contributed by atoms with E-state index in [4.69, 9.17) is 14.2 Å². The van der Waals surface area contributed by atoms with Crippen molar-refractivity contribution in [1.29, 1.82) is 0 Å². The Hall–Kier alpha value is -4.32. The number of ether oxygens (including phenoxy) is 3. The second kappa shape index (κ2) is 17.9. The van der Waals surface area contributed by atoms with Crippen molar-refractivity contribution in [1.82, 2.24) is 10.2 Å². The van der Waals surface area contributed by atoms with Gasteiger partial charge in [-0.15, -0.1) is 0 Å². The molecule has 54 heavy (non-hydrogen) atoms. The lowest BCUT2D eigenvalue weighted by Gasteiger charge is -2.34. The van der Waals surface area contributed by atoms with Crippen LogP contribution in [0, 0.1) is 17.8 Å². The number of phenols is 1. The van der Waals surface area contributed by atoms with Gasteiger partial charge in [-0.2, -0.15) is 0 Å². The molecule has 0 aromatic heterocycles. The maximum atomic E-state index is 14.4. The summed E-state index contributed by atoms with van der Waals surface area (Å²) in [6.07, 6.45) is 4.93. The predicted molar refractivity (Wildman–Crippen MR) is 205 cm³/mol. The number of hydrogen-bond acceptors (Lipinski definition) is 9. The molecule has 2 aliphatic rings. The molecule has 0 spiro atoms. The van der Waals surface area contributed by atoms with Gasteiger partial charge in [0.25, 0.3) is 5.91 Å². The summed E-state index contributed by atoms with van der Waals surface area (Å²) in [5.41, 5.74) is -0.628. The van der Waals surface area contributed by atoms with Crippen molar-refractivity contribution in [2.45, 2.75) is 116 Å². The number of epoxide rings is 1. The van der Waals surface area contributed by atoms with Crippen LogP contribution in [0.3, 0.4) is 0 Å². The van der Waals surface area contributed by atoms with Crippen LogP contribution in [-0.2, 0) is 39.8 Å². The molecule has 2 heterocycles. The maximum Gasteiger partial charge on any atom is 0.332 e. The molecule has 0 aliphatic carbocycles. The van der Waals surface area contributed by atoms with E-state index in [2.05, 4.69) is 5.32 Å². The number of benzene rings is 2. The van der Waals surface area contributed by atoms with Gasteiger partial charge in [-0.1, -0.05) is 87.9 Å². The summed E-state index contributed by atoms with van der Waals surface area (Å²) in [7, 11) is 3.20. The van der Waals surface area contributed by atoms with E-state index in [0.717, 1.165) is 11.1 Å². The predicted octanol–water partition coefficient (Wildman–Crippen LogP) is 5.64. The number of esters is 1. The monoisotopic (exact) mass is 746 g/mol. The van der Waals surface area contributed by atoms with Crippen molar-refractivity contribution in [2.24, 2.45) is 17.8 Å². The highest BCUT2D eigenvalue weighted by Crippen LogP contribution is 2.43. The number of ketones is 1. The van der Waals surface area contributed by atoms with Gasteiger partial charge in [0.2, 0.25) is 5.91 Å². The van der Waals surface area contributed by atoms with E-state index >= 15 is 0 Å². The number of nitrogens with zero attached hydrogens (tertiary/aromatic N) is 1. The fraction of sp³-hybridized carbons (Fsp3) is 0.535. The van der Waals surface area contributed by atoms with Crippen LogP contribution in [0.25, 0.3) is 0 Å². The molecule has 1 fully saturated rings. The summed E-state index contributed by atoms with van der Waals surface area (Å²) in [5.74, 6) is -3.71. The van der Waals surface area contributed by atoms with Gasteiger partial charge >= 0.3 is 5.97 Å². The van der Waals surface area contributed by atoms with E-state index in [9.17, 15) is 29.4 Å². The summed E-state index contributed by atoms with van der Waals surface area (Å²) in [5, 5.41) is 23.9. The van der Waals surface area contributed by atoms with Crippen LogP contribution in [0.4, 0.5) is 0 Å². The molecule has 2 aromatic carbocycles. The van der Waals surface area contributed by atoms with Gasteiger partial charge in [0.15, 0.2) is 17.4 Å². The van der Waals surface area contributed by atoms with E-state index in [1.54, 1.807) is 33.2 Å². The fourth-order valence-electron chi connectivity index (χ4n) is 7.23. The van der Waals surface area contributed by atoms with E-state index in [-0.39, 0.29) is 48.2 Å². The Morgan fingerprint density at radius 3 is 2.31 bits per heavy atom. The Balaban J connectivity index is 1.81. The standard InChI is InChI=1S/C43H58N2O9/c1-10-26(2)36-33(47)24-31(23-29-19-21-32(46)22-20-29)39(48)44-38(42(5,6)51)40(49)53-37(30-17-12-11-13-18-30)28(4)16-14-15-27(3)34(52-9)25-35-43(7,54-35)41(50)45(36)8/h11-22,26,28,31,34-38,46,51H,10,23-25H2,1-9H3,(H,44,48)/b16-14+,27-15+. The highest BCUT2D eigenvalue weighted by atomic mass is 16.6. The van der Waals surface area contributed by atoms with Crippen molar-refractivity contribution in [3.63, 3.8) is 0 Å². The minimum atomic E-state index is -1.76. The number of aromatic hydroxyl groups is 1. The van der Waals surface area contributed by atoms with Gasteiger partial charge in [-0.3, -0.25) is 14.4 Å². The first-order chi connectivity index (χ1) is 25.4. The third kappa shape index (κ3) is 10.2. The first-order valence-corrected chi connectivity index (χ1v) is 18.8. The number of likely N-dealkylation sites (N-methyl/N-ethyl adjacent to an activating group) is 1. The molecule has 11 nitrogen and oxygen atoms in total. The summed E-state index contributed by atoms with van der Waals surface area (Å²) >= 11 is 0. The van der Waals surface area contributed by atoms with Crippen LogP contribution in [-0.4, -0.2) is 88.3 Å². The zero-order chi connectivity index (χ0) is 40.0. The quantitative estimate of drug-likeness (QED) is 0.241. The molecule has 11 heteroatoms. The second-order valence-corrected chi connectivity index (χ2v) is 15.7. The average molecular weight is 747 g/mol. The zero-order valence-corrected chi connectivity index (χ0v) is 33.1. The molecule has 0 saturated carbocycles. The fourth-order valence-corrected chi connectivity index (χ4v) is 7.23. The third-order valence-electron chi connectivity index (χ3n) is 10.9. The van der Waals surface area contributed by atoms with E-state index in [1.807, 2.05) is 76.3 Å². The summed E-state index contributed by atoms with van der Waals surface area (Å²) < 4.78 is 18.0. The van der Waals surface area contributed by atoms with Crippen molar-refractivity contribution in [3.05, 3.63) is 89.5 Å². The van der Waals surface area contributed by atoms with Gasteiger partial charge in [0.1, 0.15) is 11.9 Å². The number of aliphatic hydroxyl groups is 1. The lowest BCUT2D eigenvalue weighted by molar-refractivity contribution is -0.162. The van der Waals surface area contributed by atoms with Crippen molar-refractivity contribution in [3.8, 4) is 5.75 Å². The molecule has 4 rings (SSSR count). The highest BCUT2D eigenvalue weighted by Gasteiger charge is 2.61. The molecule has 9 atom stereocenters. The van der Waals surface area contributed by atoms with E-state index in [1.165, 1.54) is 30.9 Å². The van der Waals surface area contributed by atoms with Crippen molar-refractivity contribution in [2.75, 3.05) is 14.2 Å². The molecule has 2 aromatic rings. The molecule has 294 valence electrons. The number of methoxy groups -OCH3 is 1. The Labute approximate surface area is 319 Å². The second-order valence-electron chi connectivity index (χ2n) is 15.7. The Morgan fingerprint density at radius 2 is 1.72 bits per heavy atom. The minimum absolute atomic E-state index is 0.0434. The summed E-state index contributed by atoms with van der Waals surface area (Å²) in [6.45, 7) is 12.2. The van der Waals surface area contributed by atoms with Gasteiger partial charge in [0, 0.05) is 38.8 Å². The zero-order valence-electron chi connectivity index (χ0n) is 33.1. The highest BCUT2D eigenvalue weighted by molar-refractivity contribution is 5.96. The smallest absolute Gasteiger partial charge is 0.332 e. The molecular formula is C43H58N2O9. The summed E-state index contributed by atoms with van der Waals surface area (Å²) in [4.78, 5) is 58.3. The van der Waals surface area contributed by atoms with Crippen LogP contribution in [0.5, 0.6) is 5.75 Å². The van der Waals surface area contributed by atoms with E-state index in [0.29, 0.717) is 18.4 Å².